The van der Waals surface area contributed by atoms with Gasteiger partial charge in [-0.15, -0.1) is 0 Å². The van der Waals surface area contributed by atoms with Crippen molar-refractivity contribution in [1.29, 1.82) is 0 Å². The second kappa shape index (κ2) is 8.61. The van der Waals surface area contributed by atoms with Gasteiger partial charge in [0, 0.05) is 8.95 Å². The zero-order chi connectivity index (χ0) is 15.3. The molecule has 2 aromatic rings. The first-order chi connectivity index (χ1) is 9.35. The van der Waals surface area contributed by atoms with E-state index in [4.69, 9.17) is 0 Å². The van der Waals surface area contributed by atoms with Crippen molar-refractivity contribution >= 4 is 63.7 Å². The number of halogens is 6. The van der Waals surface area contributed by atoms with Crippen molar-refractivity contribution in [3.63, 3.8) is 0 Å². The van der Waals surface area contributed by atoms with Crippen LogP contribution in [0.25, 0.3) is 0 Å². The fraction of sp³-hybridized carbons (Fsp3) is 0.143. The van der Waals surface area contributed by atoms with Gasteiger partial charge in [0.15, 0.2) is 5.82 Å². The predicted octanol–water partition coefficient (Wildman–Crippen LogP) is 7.34. The van der Waals surface area contributed by atoms with Crippen LogP contribution in [0.1, 0.15) is 11.1 Å². The van der Waals surface area contributed by atoms with E-state index < -0.39 is 6.67 Å². The lowest BCUT2D eigenvalue weighted by Crippen LogP contribution is -1.81. The van der Waals surface area contributed by atoms with E-state index in [9.17, 15) is 8.78 Å². The average molecular weight is 536 g/mol. The molecule has 0 aromatic heterocycles. The SMILES string of the molecule is Cc1cc(Br)c(F)c(Br)c1.FCc1cc(Br)ccc1Br. The maximum atomic E-state index is 12.8. The summed E-state index contributed by atoms with van der Waals surface area (Å²) in [5, 5.41) is 0. The standard InChI is InChI=1S/2C7H5Br2F/c1-4-2-5(8)7(10)6(9)3-4;8-6-1-2-7(9)5(3-6)4-10/h2-3H,1H3;1-3H,4H2. The minimum Gasteiger partial charge on any atom is -0.246 e. The monoisotopic (exact) mass is 532 g/mol. The van der Waals surface area contributed by atoms with E-state index in [2.05, 4.69) is 63.7 Å². The van der Waals surface area contributed by atoms with Gasteiger partial charge in [0.2, 0.25) is 0 Å². The number of aryl methyl sites for hydroxylation is 1. The highest BCUT2D eigenvalue weighted by Gasteiger charge is 2.03. The highest BCUT2D eigenvalue weighted by Crippen LogP contribution is 2.24. The first-order valence-corrected chi connectivity index (χ1v) is 8.63. The van der Waals surface area contributed by atoms with Gasteiger partial charge in [-0.3, -0.25) is 0 Å². The van der Waals surface area contributed by atoms with Crippen LogP contribution in [0.4, 0.5) is 8.78 Å². The molecule has 20 heavy (non-hydrogen) atoms. The minimum absolute atomic E-state index is 0.245. The van der Waals surface area contributed by atoms with E-state index in [0.29, 0.717) is 14.5 Å². The largest absolute Gasteiger partial charge is 0.246 e. The first-order valence-electron chi connectivity index (χ1n) is 5.46. The summed E-state index contributed by atoms with van der Waals surface area (Å²) in [5.74, 6) is -0.245. The van der Waals surface area contributed by atoms with Gasteiger partial charge in [-0.25, -0.2) is 8.78 Å². The van der Waals surface area contributed by atoms with Gasteiger partial charge in [-0.1, -0.05) is 31.9 Å². The third-order valence-corrected chi connectivity index (χ3v) is 4.70. The second-order valence-electron chi connectivity index (χ2n) is 3.91. The quantitative estimate of drug-likeness (QED) is 0.335. The zero-order valence-electron chi connectivity index (χ0n) is 10.4. The molecule has 0 amide bonds. The summed E-state index contributed by atoms with van der Waals surface area (Å²) in [5.41, 5.74) is 1.70. The number of hydrogen-bond donors (Lipinski definition) is 0. The fourth-order valence-corrected chi connectivity index (χ4v) is 3.50. The number of benzene rings is 2. The van der Waals surface area contributed by atoms with E-state index >= 15 is 0 Å². The van der Waals surface area contributed by atoms with Crippen LogP contribution in [0.15, 0.2) is 48.2 Å². The van der Waals surface area contributed by atoms with Crippen molar-refractivity contribution in [2.75, 3.05) is 0 Å². The molecule has 0 aliphatic heterocycles. The maximum Gasteiger partial charge on any atom is 0.151 e. The topological polar surface area (TPSA) is 0 Å². The normalized spacial score (nSPS) is 9.95. The van der Waals surface area contributed by atoms with Crippen molar-refractivity contribution in [3.05, 3.63) is 65.2 Å². The van der Waals surface area contributed by atoms with Crippen LogP contribution in [0.5, 0.6) is 0 Å². The van der Waals surface area contributed by atoms with Gasteiger partial charge in [0.25, 0.3) is 0 Å². The highest BCUT2D eigenvalue weighted by atomic mass is 79.9. The summed E-state index contributed by atoms with van der Waals surface area (Å²) >= 11 is 12.7. The average Bonchev–Trinajstić information content (AvgIpc) is 2.39. The molecule has 0 aliphatic rings. The molecule has 0 saturated heterocycles. The molecule has 0 bridgehead atoms. The van der Waals surface area contributed by atoms with Crippen LogP contribution in [0, 0.1) is 12.7 Å². The lowest BCUT2D eigenvalue weighted by Gasteiger charge is -1.98. The molecule has 0 atom stereocenters. The van der Waals surface area contributed by atoms with Gasteiger partial charge in [-0.2, -0.15) is 0 Å². The third kappa shape index (κ3) is 5.54. The number of alkyl halides is 1. The van der Waals surface area contributed by atoms with Gasteiger partial charge in [0.1, 0.15) is 6.67 Å². The Hall–Kier alpha value is 0.220. The van der Waals surface area contributed by atoms with E-state index in [1.807, 2.05) is 19.1 Å². The molecule has 0 fully saturated rings. The molecule has 0 aliphatic carbocycles. The van der Waals surface area contributed by atoms with Crippen LogP contribution in [0.3, 0.4) is 0 Å². The van der Waals surface area contributed by atoms with Crippen molar-refractivity contribution in [1.82, 2.24) is 0 Å². The van der Waals surface area contributed by atoms with Crippen LogP contribution in [-0.2, 0) is 6.67 Å². The maximum absolute atomic E-state index is 12.8. The molecule has 0 N–H and O–H groups in total. The lowest BCUT2D eigenvalue weighted by atomic mass is 10.2. The van der Waals surface area contributed by atoms with Crippen molar-refractivity contribution in [2.45, 2.75) is 13.6 Å². The molecule has 0 spiro atoms. The molecule has 2 rings (SSSR count). The van der Waals surface area contributed by atoms with Crippen LogP contribution in [0.2, 0.25) is 0 Å². The number of hydrogen-bond acceptors (Lipinski definition) is 0. The summed E-state index contributed by atoms with van der Waals surface area (Å²) in [4.78, 5) is 0. The summed E-state index contributed by atoms with van der Waals surface area (Å²) in [6, 6.07) is 8.91. The molecule has 6 heteroatoms. The van der Waals surface area contributed by atoms with Crippen LogP contribution >= 0.6 is 63.7 Å². The van der Waals surface area contributed by atoms with Crippen LogP contribution in [-0.4, -0.2) is 0 Å². The Balaban J connectivity index is 0.000000200. The molecule has 0 heterocycles. The van der Waals surface area contributed by atoms with Gasteiger partial charge >= 0.3 is 0 Å². The Morgan fingerprint density at radius 1 is 0.900 bits per heavy atom. The highest BCUT2D eigenvalue weighted by molar-refractivity contribution is 9.11. The summed E-state index contributed by atoms with van der Waals surface area (Å²) in [6.07, 6.45) is 0. The van der Waals surface area contributed by atoms with E-state index in [0.717, 1.165) is 14.5 Å². The van der Waals surface area contributed by atoms with E-state index in [1.165, 1.54) is 0 Å². The molecule has 0 nitrogen and oxygen atoms in total. The number of rotatable bonds is 1. The summed E-state index contributed by atoms with van der Waals surface area (Å²) in [7, 11) is 0. The smallest absolute Gasteiger partial charge is 0.151 e. The Labute approximate surface area is 150 Å². The van der Waals surface area contributed by atoms with Crippen molar-refractivity contribution < 1.29 is 8.78 Å². The van der Waals surface area contributed by atoms with Crippen molar-refractivity contribution in [3.8, 4) is 0 Å². The fourth-order valence-electron chi connectivity index (χ4n) is 1.33. The molecular weight excluding hydrogens is 526 g/mol. The Morgan fingerprint density at radius 2 is 1.45 bits per heavy atom. The predicted molar refractivity (Wildman–Crippen MR) is 93.2 cm³/mol. The second-order valence-corrected chi connectivity index (χ2v) is 7.39. The molecule has 108 valence electrons. The Bertz CT molecular complexity index is 577. The molecule has 0 radical (unpaired) electrons. The molecular formula is C14H10Br4F2. The molecule has 0 saturated carbocycles. The van der Waals surface area contributed by atoms with E-state index in [1.54, 1.807) is 18.2 Å². The van der Waals surface area contributed by atoms with Gasteiger partial charge in [0.05, 0.1) is 8.95 Å². The van der Waals surface area contributed by atoms with Crippen LogP contribution < -0.4 is 0 Å². The van der Waals surface area contributed by atoms with Gasteiger partial charge < -0.3 is 0 Å². The summed E-state index contributed by atoms with van der Waals surface area (Å²) < 4.78 is 27.7. The third-order valence-electron chi connectivity index (χ3n) is 2.28. The summed E-state index contributed by atoms with van der Waals surface area (Å²) in [6.45, 7) is 1.48. The molecule has 2 aromatic carbocycles. The van der Waals surface area contributed by atoms with E-state index in [-0.39, 0.29) is 5.82 Å². The zero-order valence-corrected chi connectivity index (χ0v) is 16.7. The lowest BCUT2D eigenvalue weighted by molar-refractivity contribution is 0.484. The first kappa shape index (κ1) is 18.3. The van der Waals surface area contributed by atoms with Gasteiger partial charge in [-0.05, 0) is 80.2 Å². The Kier molecular flexibility index (Phi) is 7.87. The van der Waals surface area contributed by atoms with Crippen molar-refractivity contribution in [2.24, 2.45) is 0 Å². The Morgan fingerprint density at radius 3 is 1.90 bits per heavy atom. The minimum atomic E-state index is -0.431. The molecule has 0 unspecified atom stereocenters.